The molecule has 0 saturated heterocycles. The lowest BCUT2D eigenvalue weighted by molar-refractivity contribution is 0.186. The Balaban J connectivity index is 2.27. The average Bonchev–Trinajstić information content (AvgIpc) is 2.45. The van der Waals surface area contributed by atoms with Gasteiger partial charge >= 0.3 is 0 Å². The van der Waals surface area contributed by atoms with Crippen LogP contribution in [0.3, 0.4) is 0 Å². The van der Waals surface area contributed by atoms with Crippen molar-refractivity contribution in [2.75, 3.05) is 19.0 Å². The summed E-state index contributed by atoms with van der Waals surface area (Å²) in [6, 6.07) is 11.6. The summed E-state index contributed by atoms with van der Waals surface area (Å²) >= 11 is 3.05. The van der Waals surface area contributed by atoms with Crippen molar-refractivity contribution in [3.05, 3.63) is 64.1 Å². The number of nitrogens with one attached hydrogen (secondary N) is 1. The van der Waals surface area contributed by atoms with Crippen LogP contribution >= 0.6 is 15.9 Å². The molecule has 0 spiro atoms. The van der Waals surface area contributed by atoms with Crippen molar-refractivity contribution >= 4 is 21.6 Å². The molecule has 2 rings (SSSR count). The van der Waals surface area contributed by atoms with Gasteiger partial charge in [-0.15, -0.1) is 0 Å². The van der Waals surface area contributed by atoms with E-state index in [1.165, 1.54) is 6.07 Å². The Morgan fingerprint density at radius 1 is 1.15 bits per heavy atom. The standard InChI is InChI=1S/C15H14BrF2NO/c1-20-9-15(10-5-3-2-4-6-10)19-14-7-11(16)12(17)8-13(14)18/h2-8,15,19H,9H2,1H3. The van der Waals surface area contributed by atoms with E-state index < -0.39 is 11.6 Å². The first-order chi connectivity index (χ1) is 9.61. The molecule has 2 aromatic rings. The Morgan fingerprint density at radius 3 is 2.50 bits per heavy atom. The van der Waals surface area contributed by atoms with Gasteiger partial charge < -0.3 is 10.1 Å². The Kier molecular flexibility index (Phi) is 5.09. The highest BCUT2D eigenvalue weighted by Crippen LogP contribution is 2.27. The second-order valence-corrected chi connectivity index (χ2v) is 5.16. The van der Waals surface area contributed by atoms with E-state index in [9.17, 15) is 8.78 Å². The molecule has 2 nitrogen and oxygen atoms in total. The first-order valence-electron chi connectivity index (χ1n) is 6.06. The predicted molar refractivity (Wildman–Crippen MR) is 78.7 cm³/mol. The van der Waals surface area contributed by atoms with E-state index in [0.717, 1.165) is 11.6 Å². The molecule has 0 bridgehead atoms. The summed E-state index contributed by atoms with van der Waals surface area (Å²) < 4.78 is 32.4. The van der Waals surface area contributed by atoms with Gasteiger partial charge in [-0.25, -0.2) is 8.78 Å². The fourth-order valence-corrected chi connectivity index (χ4v) is 2.24. The van der Waals surface area contributed by atoms with Crippen molar-refractivity contribution in [2.45, 2.75) is 6.04 Å². The molecule has 5 heteroatoms. The summed E-state index contributed by atoms with van der Waals surface area (Å²) in [6.45, 7) is 0.373. The van der Waals surface area contributed by atoms with Crippen molar-refractivity contribution < 1.29 is 13.5 Å². The molecule has 1 atom stereocenters. The van der Waals surface area contributed by atoms with Gasteiger partial charge in [0, 0.05) is 13.2 Å². The molecule has 1 unspecified atom stereocenters. The normalized spacial score (nSPS) is 12.2. The van der Waals surface area contributed by atoms with E-state index in [4.69, 9.17) is 4.74 Å². The summed E-state index contributed by atoms with van der Waals surface area (Å²) in [5.74, 6) is -1.27. The number of hydrogen-bond donors (Lipinski definition) is 1. The average molecular weight is 342 g/mol. The van der Waals surface area contributed by atoms with Crippen LogP contribution in [0.15, 0.2) is 46.9 Å². The number of benzene rings is 2. The lowest BCUT2D eigenvalue weighted by Gasteiger charge is -2.20. The Labute approximate surface area is 124 Å². The molecule has 1 N–H and O–H groups in total. The van der Waals surface area contributed by atoms with Gasteiger partial charge in [-0.1, -0.05) is 30.3 Å². The highest BCUT2D eigenvalue weighted by Gasteiger charge is 2.15. The molecule has 0 radical (unpaired) electrons. The zero-order valence-corrected chi connectivity index (χ0v) is 12.5. The van der Waals surface area contributed by atoms with E-state index >= 15 is 0 Å². The predicted octanol–water partition coefficient (Wildman–Crippen LogP) is 4.53. The van der Waals surface area contributed by atoms with E-state index in [1.54, 1.807) is 7.11 Å². The molecule has 0 saturated carbocycles. The third-order valence-electron chi connectivity index (χ3n) is 2.87. The van der Waals surface area contributed by atoms with Crippen molar-refractivity contribution in [1.29, 1.82) is 0 Å². The Hall–Kier alpha value is -1.46. The summed E-state index contributed by atoms with van der Waals surface area (Å²) in [4.78, 5) is 0. The van der Waals surface area contributed by atoms with Gasteiger partial charge in [0.2, 0.25) is 0 Å². The van der Waals surface area contributed by atoms with Crippen LogP contribution in [0.4, 0.5) is 14.5 Å². The van der Waals surface area contributed by atoms with Crippen LogP contribution in [0, 0.1) is 11.6 Å². The minimum Gasteiger partial charge on any atom is -0.382 e. The molecule has 0 aliphatic carbocycles. The van der Waals surface area contributed by atoms with Crippen LogP contribution in [0.5, 0.6) is 0 Å². The second-order valence-electron chi connectivity index (χ2n) is 4.31. The fourth-order valence-electron chi connectivity index (χ4n) is 1.89. The number of rotatable bonds is 5. The molecule has 20 heavy (non-hydrogen) atoms. The van der Waals surface area contributed by atoms with Gasteiger partial charge in [-0.05, 0) is 27.6 Å². The van der Waals surface area contributed by atoms with Crippen LogP contribution in [0.2, 0.25) is 0 Å². The minimum absolute atomic E-state index is 0.214. The molecule has 0 amide bonds. The number of methoxy groups -OCH3 is 1. The molecule has 2 aromatic carbocycles. The first-order valence-corrected chi connectivity index (χ1v) is 6.86. The Morgan fingerprint density at radius 2 is 1.85 bits per heavy atom. The lowest BCUT2D eigenvalue weighted by atomic mass is 10.1. The summed E-state index contributed by atoms with van der Waals surface area (Å²) in [5, 5.41) is 3.04. The number of hydrogen-bond acceptors (Lipinski definition) is 2. The van der Waals surface area contributed by atoms with Gasteiger partial charge in [0.1, 0.15) is 11.6 Å². The molecule has 0 aromatic heterocycles. The fraction of sp³-hybridized carbons (Fsp3) is 0.200. The molecule has 0 fully saturated rings. The van der Waals surface area contributed by atoms with Gasteiger partial charge in [-0.3, -0.25) is 0 Å². The molecular formula is C15H14BrF2NO. The number of anilines is 1. The molecule has 0 aliphatic rings. The minimum atomic E-state index is -0.636. The van der Waals surface area contributed by atoms with E-state index in [-0.39, 0.29) is 16.2 Å². The SMILES string of the molecule is COCC(Nc1cc(Br)c(F)cc1F)c1ccccc1. The first kappa shape index (κ1) is 14.9. The number of ether oxygens (including phenoxy) is 1. The van der Waals surface area contributed by atoms with Gasteiger partial charge in [0.25, 0.3) is 0 Å². The largest absolute Gasteiger partial charge is 0.382 e. The summed E-state index contributed by atoms with van der Waals surface area (Å²) in [6.07, 6.45) is 0. The van der Waals surface area contributed by atoms with Crippen LogP contribution < -0.4 is 5.32 Å². The highest BCUT2D eigenvalue weighted by atomic mass is 79.9. The molecule has 0 heterocycles. The van der Waals surface area contributed by atoms with Crippen molar-refractivity contribution in [3.8, 4) is 0 Å². The van der Waals surface area contributed by atoms with Crippen LogP contribution in [0.25, 0.3) is 0 Å². The maximum atomic E-state index is 13.8. The second kappa shape index (κ2) is 6.81. The topological polar surface area (TPSA) is 21.3 Å². The van der Waals surface area contributed by atoms with Crippen LogP contribution in [-0.2, 0) is 4.74 Å². The summed E-state index contributed by atoms with van der Waals surface area (Å²) in [7, 11) is 1.58. The maximum Gasteiger partial charge on any atom is 0.149 e. The van der Waals surface area contributed by atoms with Gasteiger partial charge in [0.05, 0.1) is 22.8 Å². The quantitative estimate of drug-likeness (QED) is 0.807. The van der Waals surface area contributed by atoms with Crippen molar-refractivity contribution in [3.63, 3.8) is 0 Å². The smallest absolute Gasteiger partial charge is 0.149 e. The van der Waals surface area contributed by atoms with E-state index in [1.807, 2.05) is 30.3 Å². The lowest BCUT2D eigenvalue weighted by Crippen LogP contribution is -2.17. The molecule has 0 aliphatic heterocycles. The zero-order valence-electron chi connectivity index (χ0n) is 10.9. The molecule has 106 valence electrons. The van der Waals surface area contributed by atoms with E-state index in [0.29, 0.717) is 6.61 Å². The third kappa shape index (κ3) is 3.55. The van der Waals surface area contributed by atoms with Crippen molar-refractivity contribution in [2.24, 2.45) is 0 Å². The number of halogens is 3. The highest BCUT2D eigenvalue weighted by molar-refractivity contribution is 9.10. The van der Waals surface area contributed by atoms with Gasteiger partial charge in [-0.2, -0.15) is 0 Å². The Bertz CT molecular complexity index is 578. The monoisotopic (exact) mass is 341 g/mol. The van der Waals surface area contributed by atoms with E-state index in [2.05, 4.69) is 21.2 Å². The van der Waals surface area contributed by atoms with Crippen molar-refractivity contribution in [1.82, 2.24) is 0 Å². The summed E-state index contributed by atoms with van der Waals surface area (Å²) in [5.41, 5.74) is 1.19. The van der Waals surface area contributed by atoms with Crippen LogP contribution in [0.1, 0.15) is 11.6 Å². The third-order valence-corrected chi connectivity index (χ3v) is 3.48. The maximum absolute atomic E-state index is 13.8. The zero-order chi connectivity index (χ0) is 14.5. The van der Waals surface area contributed by atoms with Gasteiger partial charge in [0.15, 0.2) is 0 Å². The molecular weight excluding hydrogens is 328 g/mol. The van der Waals surface area contributed by atoms with Crippen LogP contribution in [-0.4, -0.2) is 13.7 Å².